The van der Waals surface area contributed by atoms with Gasteiger partial charge in [-0.05, 0) is 147 Å². The minimum Gasteiger partial charge on any atom is -0.380 e. The van der Waals surface area contributed by atoms with Crippen molar-refractivity contribution in [2.75, 3.05) is 49.4 Å². The monoisotopic (exact) mass is 885 g/mol. The zero-order valence-electron chi connectivity index (χ0n) is 40.0. The lowest BCUT2D eigenvalue weighted by Crippen LogP contribution is -2.46. The highest BCUT2D eigenvalue weighted by molar-refractivity contribution is 5.82. The molecule has 8 rings (SSSR count). The second-order valence-corrected chi connectivity index (χ2v) is 18.9. The van der Waals surface area contributed by atoms with Crippen molar-refractivity contribution >= 4 is 34.1 Å². The lowest BCUT2D eigenvalue weighted by molar-refractivity contribution is -0.161. The number of rotatable bonds is 25. The molecule has 2 atom stereocenters. The molecule has 6 nitrogen and oxygen atoms in total. The van der Waals surface area contributed by atoms with E-state index in [0.717, 1.165) is 127 Å². The summed E-state index contributed by atoms with van der Waals surface area (Å²) in [5.41, 5.74) is 12.5. The van der Waals surface area contributed by atoms with Gasteiger partial charge in [0.2, 0.25) is 0 Å². The van der Waals surface area contributed by atoms with Crippen LogP contribution in [0.2, 0.25) is 0 Å². The van der Waals surface area contributed by atoms with Crippen LogP contribution >= 0.6 is 0 Å². The molecule has 0 aliphatic carbocycles. The Morgan fingerprint density at radius 3 is 1.12 bits per heavy atom. The molecule has 2 unspecified atom stereocenters. The van der Waals surface area contributed by atoms with Crippen molar-refractivity contribution in [3.8, 4) is 11.1 Å². The fourth-order valence-electron chi connectivity index (χ4n) is 9.50. The molecular formula is C60H72N2O4. The van der Waals surface area contributed by atoms with Crippen molar-refractivity contribution in [2.45, 2.75) is 104 Å². The average Bonchev–Trinajstić information content (AvgIpc) is 3.34. The van der Waals surface area contributed by atoms with E-state index in [-0.39, 0.29) is 23.0 Å². The van der Waals surface area contributed by atoms with Crippen LogP contribution in [-0.2, 0) is 31.8 Å². The summed E-state index contributed by atoms with van der Waals surface area (Å²) in [5.74, 6) is 0. The van der Waals surface area contributed by atoms with E-state index >= 15 is 0 Å². The van der Waals surface area contributed by atoms with Gasteiger partial charge < -0.3 is 28.7 Å². The number of para-hydroxylation sites is 4. The molecule has 346 valence electrons. The van der Waals surface area contributed by atoms with Crippen LogP contribution in [0, 0.1) is 10.8 Å². The maximum atomic E-state index is 6.50. The van der Waals surface area contributed by atoms with Gasteiger partial charge in [-0.15, -0.1) is 0 Å². The van der Waals surface area contributed by atoms with Gasteiger partial charge in [0.25, 0.3) is 0 Å². The summed E-state index contributed by atoms with van der Waals surface area (Å²) in [4.78, 5) is 4.82. The van der Waals surface area contributed by atoms with Crippen LogP contribution in [0.1, 0.15) is 90.2 Å². The second-order valence-electron chi connectivity index (χ2n) is 18.9. The molecule has 0 N–H and O–H groups in total. The number of aryl methyl sites for hydroxylation is 2. The van der Waals surface area contributed by atoms with Crippen LogP contribution in [-0.4, -0.2) is 51.8 Å². The predicted octanol–water partition coefficient (Wildman–Crippen LogP) is 15.4. The Balaban J connectivity index is 0.976. The number of benzene rings is 6. The van der Waals surface area contributed by atoms with E-state index < -0.39 is 0 Å². The van der Waals surface area contributed by atoms with E-state index in [1.54, 1.807) is 0 Å². The first-order valence-electron chi connectivity index (χ1n) is 24.9. The molecule has 0 amide bonds. The third-order valence-corrected chi connectivity index (χ3v) is 14.3. The summed E-state index contributed by atoms with van der Waals surface area (Å²) in [6.45, 7) is 13.9. The molecule has 2 saturated heterocycles. The summed E-state index contributed by atoms with van der Waals surface area (Å²) in [6, 6.07) is 57.5. The van der Waals surface area contributed by atoms with Gasteiger partial charge in [0.05, 0.1) is 51.8 Å². The van der Waals surface area contributed by atoms with E-state index in [1.807, 2.05) is 0 Å². The summed E-state index contributed by atoms with van der Waals surface area (Å²) < 4.78 is 24.1. The molecule has 0 bridgehead atoms. The summed E-state index contributed by atoms with van der Waals surface area (Å²) in [5, 5.41) is 0. The number of hydrogen-bond donors (Lipinski definition) is 0. The Morgan fingerprint density at radius 2 is 0.788 bits per heavy atom. The van der Waals surface area contributed by atoms with Crippen molar-refractivity contribution < 1.29 is 18.9 Å². The molecule has 2 fully saturated rings. The molecule has 0 saturated carbocycles. The lowest BCUT2D eigenvalue weighted by Gasteiger charge is -2.41. The first-order chi connectivity index (χ1) is 32.5. The molecule has 2 aliphatic rings. The van der Waals surface area contributed by atoms with Crippen LogP contribution < -0.4 is 9.80 Å². The van der Waals surface area contributed by atoms with Crippen molar-refractivity contribution in [3.05, 3.63) is 169 Å². The highest BCUT2D eigenvalue weighted by Crippen LogP contribution is 2.41. The van der Waals surface area contributed by atoms with Gasteiger partial charge in [0.1, 0.15) is 0 Å². The topological polar surface area (TPSA) is 43.4 Å². The lowest BCUT2D eigenvalue weighted by atomic mass is 9.84. The van der Waals surface area contributed by atoms with Gasteiger partial charge in [-0.3, -0.25) is 0 Å². The quantitative estimate of drug-likeness (QED) is 0.0571. The molecule has 6 aromatic rings. The van der Waals surface area contributed by atoms with Gasteiger partial charge in [-0.25, -0.2) is 0 Å². The molecule has 2 heterocycles. The molecular weight excluding hydrogens is 813 g/mol. The molecule has 6 aromatic carbocycles. The zero-order valence-corrected chi connectivity index (χ0v) is 40.0. The van der Waals surface area contributed by atoms with Gasteiger partial charge in [0.15, 0.2) is 0 Å². The highest BCUT2D eigenvalue weighted by Gasteiger charge is 2.38. The van der Waals surface area contributed by atoms with Crippen molar-refractivity contribution in [1.82, 2.24) is 0 Å². The molecule has 0 aromatic heterocycles. The fraction of sp³-hybridized carbons (Fsp3) is 0.400. The molecule has 6 heteroatoms. The number of ether oxygens (including phenoxy) is 4. The third kappa shape index (κ3) is 11.5. The van der Waals surface area contributed by atoms with E-state index in [9.17, 15) is 0 Å². The van der Waals surface area contributed by atoms with Crippen LogP contribution in [0.4, 0.5) is 34.1 Å². The molecule has 0 radical (unpaired) electrons. The average molecular weight is 885 g/mol. The zero-order chi connectivity index (χ0) is 45.6. The Morgan fingerprint density at radius 1 is 0.439 bits per heavy atom. The van der Waals surface area contributed by atoms with E-state index in [4.69, 9.17) is 18.9 Å². The maximum absolute atomic E-state index is 6.50. The smallest absolute Gasteiger partial charge is 0.0573 e. The largest absolute Gasteiger partial charge is 0.380 e. The Bertz CT molecular complexity index is 2180. The standard InChI is InChI=1S/C60H72N2O4/c1-5-55(65-45-59(7-3)41-63-42-59)29-19-23-49-21-15-17-31-57(49)61(51-25-11-9-12-26-51)53-37-33-47(34-38-53)48-35-39-54(40-36-48)62(52-27-13-10-14-28-52)58-32-18-16-22-50(58)24-20-30-56(6-2)66-46-60(8-4)43-64-44-60/h9-18,21-22,25-28,31-40,55-56H,5-8,19-20,23-24,29-30,41-46H2,1-4H3. The van der Waals surface area contributed by atoms with Crippen molar-refractivity contribution in [1.29, 1.82) is 0 Å². The van der Waals surface area contributed by atoms with Crippen molar-refractivity contribution in [3.63, 3.8) is 0 Å². The van der Waals surface area contributed by atoms with Crippen molar-refractivity contribution in [2.24, 2.45) is 10.8 Å². The fourth-order valence-corrected chi connectivity index (χ4v) is 9.50. The SMILES string of the molecule is CCC(CCCc1ccccc1N(c1ccccc1)c1ccc(-c2ccc(N(c3ccccc3)c3ccccc3CCCC(CC)OCC3(CC)COC3)cc2)cc1)OCC1(CC)COC1. The van der Waals surface area contributed by atoms with E-state index in [2.05, 4.69) is 195 Å². The maximum Gasteiger partial charge on any atom is 0.0573 e. The number of nitrogens with zero attached hydrogens (tertiary/aromatic N) is 2. The Labute approximate surface area is 395 Å². The van der Waals surface area contributed by atoms with E-state index in [0.29, 0.717) is 0 Å². The first kappa shape index (κ1) is 47.3. The summed E-state index contributed by atoms with van der Waals surface area (Å²) in [7, 11) is 0. The van der Waals surface area contributed by atoms with Gasteiger partial charge in [-0.1, -0.05) is 125 Å². The normalized spacial score (nSPS) is 15.9. The van der Waals surface area contributed by atoms with Gasteiger partial charge in [-0.2, -0.15) is 0 Å². The Kier molecular flexibility index (Phi) is 16.5. The highest BCUT2D eigenvalue weighted by atomic mass is 16.5. The number of anilines is 6. The van der Waals surface area contributed by atoms with Crippen LogP contribution in [0.3, 0.4) is 0 Å². The van der Waals surface area contributed by atoms with Crippen LogP contribution in [0.5, 0.6) is 0 Å². The Hall–Kier alpha value is -5.24. The van der Waals surface area contributed by atoms with Gasteiger partial charge >= 0.3 is 0 Å². The molecule has 2 aliphatic heterocycles. The van der Waals surface area contributed by atoms with Crippen LogP contribution in [0.25, 0.3) is 11.1 Å². The van der Waals surface area contributed by atoms with Crippen LogP contribution in [0.15, 0.2) is 158 Å². The predicted molar refractivity (Wildman–Crippen MR) is 274 cm³/mol. The molecule has 66 heavy (non-hydrogen) atoms. The second kappa shape index (κ2) is 23.0. The molecule has 0 spiro atoms. The number of hydrogen-bond acceptors (Lipinski definition) is 6. The summed E-state index contributed by atoms with van der Waals surface area (Å²) >= 11 is 0. The first-order valence-corrected chi connectivity index (χ1v) is 24.9. The van der Waals surface area contributed by atoms with Gasteiger partial charge in [0, 0.05) is 45.0 Å². The van der Waals surface area contributed by atoms with E-state index in [1.165, 1.54) is 33.6 Å². The minimum absolute atomic E-state index is 0.213. The summed E-state index contributed by atoms with van der Waals surface area (Å²) in [6.07, 6.45) is 11.0. The minimum atomic E-state index is 0.213. The third-order valence-electron chi connectivity index (χ3n) is 14.3.